The SMILES string of the molecule is CCC(C)(C)N(C(=O)C(CCC(N)=O)NC(=O)OC(C)(C)C)C(C(=O)Nc1ccc(OC)cc1)c1c(C)cccc1C. The van der Waals surface area contributed by atoms with Gasteiger partial charge in [0.05, 0.1) is 7.11 Å². The van der Waals surface area contributed by atoms with Crippen molar-refractivity contribution in [2.75, 3.05) is 12.4 Å². The highest BCUT2D eigenvalue weighted by Crippen LogP contribution is 2.36. The number of benzene rings is 2. The average Bonchev–Trinajstić information content (AvgIpc) is 2.89. The molecule has 0 heterocycles. The van der Waals surface area contributed by atoms with Crippen molar-refractivity contribution in [3.8, 4) is 5.75 Å². The number of aryl methyl sites for hydroxylation is 2. The molecule has 0 spiro atoms. The Bertz CT molecular complexity index is 1250. The van der Waals surface area contributed by atoms with Crippen LogP contribution in [0.1, 0.15) is 83.5 Å². The van der Waals surface area contributed by atoms with E-state index in [1.54, 1.807) is 52.1 Å². The molecule has 0 aliphatic carbocycles. The van der Waals surface area contributed by atoms with Crippen molar-refractivity contribution in [3.63, 3.8) is 0 Å². The molecule has 2 rings (SSSR count). The van der Waals surface area contributed by atoms with Gasteiger partial charge in [-0.15, -0.1) is 0 Å². The number of rotatable bonds is 12. The summed E-state index contributed by atoms with van der Waals surface area (Å²) in [6.07, 6.45) is -0.543. The van der Waals surface area contributed by atoms with Crippen LogP contribution in [0.3, 0.4) is 0 Å². The molecule has 0 radical (unpaired) electrons. The Morgan fingerprint density at radius 1 is 0.952 bits per heavy atom. The zero-order valence-electron chi connectivity index (χ0n) is 26.3. The Balaban J connectivity index is 2.70. The van der Waals surface area contributed by atoms with E-state index in [0.29, 0.717) is 23.4 Å². The summed E-state index contributed by atoms with van der Waals surface area (Å²) in [5.41, 5.74) is 6.60. The van der Waals surface area contributed by atoms with Crippen LogP contribution in [0, 0.1) is 13.8 Å². The minimum Gasteiger partial charge on any atom is -0.497 e. The van der Waals surface area contributed by atoms with E-state index in [1.807, 2.05) is 52.8 Å². The van der Waals surface area contributed by atoms with Crippen molar-refractivity contribution in [1.82, 2.24) is 10.2 Å². The average molecular weight is 583 g/mol. The van der Waals surface area contributed by atoms with E-state index < -0.39 is 47.0 Å². The van der Waals surface area contributed by atoms with E-state index in [1.165, 1.54) is 4.90 Å². The molecule has 42 heavy (non-hydrogen) atoms. The van der Waals surface area contributed by atoms with Crippen LogP contribution in [0.15, 0.2) is 42.5 Å². The number of nitrogens with two attached hydrogens (primary N) is 1. The number of methoxy groups -OCH3 is 1. The van der Waals surface area contributed by atoms with Crippen LogP contribution in [-0.2, 0) is 19.1 Å². The molecule has 2 unspecified atom stereocenters. The van der Waals surface area contributed by atoms with Gasteiger partial charge < -0.3 is 30.7 Å². The summed E-state index contributed by atoms with van der Waals surface area (Å²) in [5.74, 6) is -0.956. The fourth-order valence-electron chi connectivity index (χ4n) is 4.63. The quantitative estimate of drug-likeness (QED) is 0.316. The number of alkyl carbamates (subject to hydrolysis) is 1. The van der Waals surface area contributed by atoms with Gasteiger partial charge in [-0.2, -0.15) is 0 Å². The molecule has 10 nitrogen and oxygen atoms in total. The van der Waals surface area contributed by atoms with Gasteiger partial charge in [0.2, 0.25) is 11.8 Å². The number of nitrogens with zero attached hydrogens (tertiary/aromatic N) is 1. The van der Waals surface area contributed by atoms with Gasteiger partial charge in [0, 0.05) is 17.6 Å². The molecule has 4 amide bonds. The van der Waals surface area contributed by atoms with E-state index in [-0.39, 0.29) is 12.8 Å². The summed E-state index contributed by atoms with van der Waals surface area (Å²) in [6, 6.07) is 10.3. The van der Waals surface area contributed by atoms with Crippen LogP contribution >= 0.6 is 0 Å². The van der Waals surface area contributed by atoms with Crippen LogP contribution in [0.4, 0.5) is 10.5 Å². The number of hydrogen-bond donors (Lipinski definition) is 3. The van der Waals surface area contributed by atoms with Crippen molar-refractivity contribution < 1.29 is 28.7 Å². The maximum Gasteiger partial charge on any atom is 0.408 e. The predicted octanol–water partition coefficient (Wildman–Crippen LogP) is 5.17. The lowest BCUT2D eigenvalue weighted by atomic mass is 9.88. The largest absolute Gasteiger partial charge is 0.497 e. The lowest BCUT2D eigenvalue weighted by Crippen LogP contribution is -2.59. The Labute approximate surface area is 249 Å². The topological polar surface area (TPSA) is 140 Å². The molecule has 0 bridgehead atoms. The normalized spacial score (nSPS) is 13.0. The zero-order valence-corrected chi connectivity index (χ0v) is 26.3. The maximum atomic E-state index is 14.5. The maximum absolute atomic E-state index is 14.5. The lowest BCUT2D eigenvalue weighted by Gasteiger charge is -2.45. The minimum absolute atomic E-state index is 0.0662. The number of amides is 4. The number of carbonyl (C=O) groups excluding carboxylic acids is 4. The molecule has 0 saturated heterocycles. The second-order valence-corrected chi connectivity index (χ2v) is 12.0. The summed E-state index contributed by atoms with van der Waals surface area (Å²) in [7, 11) is 1.56. The van der Waals surface area contributed by atoms with E-state index in [4.69, 9.17) is 15.2 Å². The molecule has 230 valence electrons. The van der Waals surface area contributed by atoms with Crippen molar-refractivity contribution >= 4 is 29.5 Å². The van der Waals surface area contributed by atoms with E-state index in [9.17, 15) is 19.2 Å². The van der Waals surface area contributed by atoms with Crippen LogP contribution in [-0.4, -0.2) is 53.0 Å². The number of anilines is 1. The predicted molar refractivity (Wildman–Crippen MR) is 163 cm³/mol. The first kappa shape index (κ1) is 34.1. The molecule has 2 aromatic carbocycles. The molecule has 2 aromatic rings. The number of primary amides is 1. The molecule has 0 aromatic heterocycles. The van der Waals surface area contributed by atoms with Gasteiger partial charge >= 0.3 is 6.09 Å². The molecular weight excluding hydrogens is 536 g/mol. The Morgan fingerprint density at radius 3 is 2.00 bits per heavy atom. The molecular formula is C32H46N4O6. The van der Waals surface area contributed by atoms with Gasteiger partial charge in [0.15, 0.2) is 0 Å². The monoisotopic (exact) mass is 582 g/mol. The summed E-state index contributed by atoms with van der Waals surface area (Å²) in [6.45, 7) is 14.6. The fourth-order valence-corrected chi connectivity index (χ4v) is 4.63. The summed E-state index contributed by atoms with van der Waals surface area (Å²) in [5, 5.41) is 5.60. The Hall–Kier alpha value is -4.08. The molecule has 0 aliphatic heterocycles. The standard InChI is InChI=1S/C32H46N4O6/c1-10-32(7,8)36(29(39)24(18-19-25(33)37)35-30(40)42-31(4,5)6)27(26-20(2)12-11-13-21(26)3)28(38)34-22-14-16-23(41-9)17-15-22/h11-17,24,27H,10,18-19H2,1-9H3,(H2,33,37)(H,34,38)(H,35,40). The third-order valence-electron chi connectivity index (χ3n) is 7.10. The van der Waals surface area contributed by atoms with E-state index in [2.05, 4.69) is 10.6 Å². The van der Waals surface area contributed by atoms with Gasteiger partial charge in [0.1, 0.15) is 23.4 Å². The number of ether oxygens (including phenoxy) is 2. The first-order valence-corrected chi connectivity index (χ1v) is 14.1. The first-order chi connectivity index (χ1) is 19.5. The summed E-state index contributed by atoms with van der Waals surface area (Å²) < 4.78 is 10.7. The first-order valence-electron chi connectivity index (χ1n) is 14.1. The minimum atomic E-state index is -1.18. The summed E-state index contributed by atoms with van der Waals surface area (Å²) >= 11 is 0. The van der Waals surface area contributed by atoms with Gasteiger partial charge in [-0.25, -0.2) is 4.79 Å². The Morgan fingerprint density at radius 2 is 1.52 bits per heavy atom. The number of hydrogen-bond acceptors (Lipinski definition) is 6. The number of nitrogens with one attached hydrogen (secondary N) is 2. The fraction of sp³-hybridized carbons (Fsp3) is 0.500. The molecule has 4 N–H and O–H groups in total. The van der Waals surface area contributed by atoms with Crippen molar-refractivity contribution in [2.24, 2.45) is 5.73 Å². The zero-order chi connectivity index (χ0) is 31.8. The third kappa shape index (κ3) is 9.22. The molecule has 0 fully saturated rings. The van der Waals surface area contributed by atoms with Gasteiger partial charge in [-0.3, -0.25) is 14.4 Å². The molecule has 0 aliphatic rings. The van der Waals surface area contributed by atoms with Crippen molar-refractivity contribution in [3.05, 3.63) is 59.2 Å². The highest BCUT2D eigenvalue weighted by molar-refractivity contribution is 5.99. The van der Waals surface area contributed by atoms with Crippen molar-refractivity contribution in [2.45, 2.75) is 97.9 Å². The summed E-state index contributed by atoms with van der Waals surface area (Å²) in [4.78, 5) is 54.9. The third-order valence-corrected chi connectivity index (χ3v) is 7.10. The Kier molecular flexibility index (Phi) is 11.5. The second kappa shape index (κ2) is 14.2. The molecule has 0 saturated carbocycles. The molecule has 10 heteroatoms. The van der Waals surface area contributed by atoms with Crippen LogP contribution in [0.25, 0.3) is 0 Å². The lowest BCUT2D eigenvalue weighted by molar-refractivity contribution is -0.148. The number of carbonyl (C=O) groups is 4. The highest BCUT2D eigenvalue weighted by Gasteiger charge is 2.44. The van der Waals surface area contributed by atoms with Gasteiger partial charge in [-0.05, 0) is 102 Å². The van der Waals surface area contributed by atoms with Gasteiger partial charge in [-0.1, -0.05) is 25.1 Å². The molecule has 2 atom stereocenters. The van der Waals surface area contributed by atoms with E-state index >= 15 is 0 Å². The second-order valence-electron chi connectivity index (χ2n) is 12.0. The smallest absolute Gasteiger partial charge is 0.408 e. The van der Waals surface area contributed by atoms with Gasteiger partial charge in [0.25, 0.3) is 5.91 Å². The van der Waals surface area contributed by atoms with Crippen LogP contribution in [0.5, 0.6) is 5.75 Å². The van der Waals surface area contributed by atoms with E-state index in [0.717, 1.165) is 11.1 Å². The van der Waals surface area contributed by atoms with Crippen LogP contribution in [0.2, 0.25) is 0 Å². The van der Waals surface area contributed by atoms with Crippen LogP contribution < -0.4 is 21.1 Å². The van der Waals surface area contributed by atoms with Crippen molar-refractivity contribution in [1.29, 1.82) is 0 Å². The highest BCUT2D eigenvalue weighted by atomic mass is 16.6.